The first kappa shape index (κ1) is 10.0. The number of nitrogens with one attached hydrogen (secondary N) is 1. The van der Waals surface area contributed by atoms with E-state index in [0.29, 0.717) is 11.3 Å². The molecule has 0 saturated heterocycles. The molecule has 16 heavy (non-hydrogen) atoms. The Labute approximate surface area is 101 Å². The van der Waals surface area contributed by atoms with Crippen molar-refractivity contribution >= 4 is 17.4 Å². The molecule has 0 fully saturated rings. The van der Waals surface area contributed by atoms with Gasteiger partial charge in [-0.1, -0.05) is 29.9 Å². The van der Waals surface area contributed by atoms with Crippen molar-refractivity contribution in [2.24, 2.45) is 0 Å². The van der Waals surface area contributed by atoms with Crippen LogP contribution < -0.4 is 5.32 Å². The highest BCUT2D eigenvalue weighted by atomic mass is 32.2. The van der Waals surface area contributed by atoms with E-state index in [1.165, 1.54) is 21.7 Å². The molecule has 0 spiro atoms. The summed E-state index contributed by atoms with van der Waals surface area (Å²) in [5, 5.41) is 4.14. The summed E-state index contributed by atoms with van der Waals surface area (Å²) in [4.78, 5) is 1.38. The third-order valence-electron chi connectivity index (χ3n) is 3.07. The molecule has 0 amide bonds. The zero-order chi connectivity index (χ0) is 11.1. The maximum Gasteiger partial charge on any atom is 0.0605 e. The van der Waals surface area contributed by atoms with Crippen molar-refractivity contribution in [1.29, 1.82) is 0 Å². The summed E-state index contributed by atoms with van der Waals surface area (Å²) in [5.41, 5.74) is 3.97. The van der Waals surface area contributed by atoms with Crippen molar-refractivity contribution in [3.8, 4) is 0 Å². The Hall–Kier alpha value is -1.15. The number of anilines is 1. The van der Waals surface area contributed by atoms with E-state index in [9.17, 15) is 0 Å². The lowest BCUT2D eigenvalue weighted by Gasteiger charge is -2.33. The van der Waals surface area contributed by atoms with Crippen molar-refractivity contribution in [2.45, 2.75) is 30.0 Å². The molecule has 1 aliphatic carbocycles. The zero-order valence-electron chi connectivity index (χ0n) is 9.53. The second-order valence-electron chi connectivity index (χ2n) is 4.52. The number of thioether (sulfide) groups is 1. The second-order valence-corrected chi connectivity index (χ2v) is 5.74. The van der Waals surface area contributed by atoms with Gasteiger partial charge in [0.05, 0.1) is 11.3 Å². The van der Waals surface area contributed by atoms with Gasteiger partial charge in [0.2, 0.25) is 0 Å². The minimum absolute atomic E-state index is 0.448. The highest BCUT2D eigenvalue weighted by molar-refractivity contribution is 8.00. The highest BCUT2D eigenvalue weighted by Crippen LogP contribution is 2.40. The number of hydrogen-bond acceptors (Lipinski definition) is 2. The minimum atomic E-state index is 0.448. The first-order valence-electron chi connectivity index (χ1n) is 5.63. The molecule has 1 N–H and O–H groups in total. The van der Waals surface area contributed by atoms with Crippen LogP contribution in [0.2, 0.25) is 0 Å². The van der Waals surface area contributed by atoms with Crippen LogP contribution in [-0.2, 0) is 0 Å². The van der Waals surface area contributed by atoms with Gasteiger partial charge in [-0.25, -0.2) is 0 Å². The van der Waals surface area contributed by atoms with E-state index in [1.54, 1.807) is 0 Å². The van der Waals surface area contributed by atoms with E-state index >= 15 is 0 Å². The Kier molecular flexibility index (Phi) is 2.32. The summed E-state index contributed by atoms with van der Waals surface area (Å²) < 4.78 is 0. The van der Waals surface area contributed by atoms with Gasteiger partial charge >= 0.3 is 0 Å². The molecule has 1 aromatic rings. The van der Waals surface area contributed by atoms with Crippen LogP contribution in [0.1, 0.15) is 12.5 Å². The average Bonchev–Trinajstić information content (AvgIpc) is 2.26. The molecule has 1 aromatic carbocycles. The summed E-state index contributed by atoms with van der Waals surface area (Å²) in [5.74, 6) is 0. The first-order chi connectivity index (χ1) is 7.72. The number of allylic oxidation sites excluding steroid dienone is 2. The largest absolute Gasteiger partial charge is 0.376 e. The van der Waals surface area contributed by atoms with Crippen molar-refractivity contribution in [1.82, 2.24) is 0 Å². The third-order valence-corrected chi connectivity index (χ3v) is 4.36. The molecule has 0 bridgehead atoms. The van der Waals surface area contributed by atoms with E-state index in [0.717, 1.165) is 0 Å². The molecule has 0 radical (unpaired) electrons. The minimum Gasteiger partial charge on any atom is -0.376 e. The highest BCUT2D eigenvalue weighted by Gasteiger charge is 2.26. The van der Waals surface area contributed by atoms with E-state index < -0.39 is 0 Å². The van der Waals surface area contributed by atoms with Gasteiger partial charge < -0.3 is 5.32 Å². The number of aryl methyl sites for hydroxylation is 1. The van der Waals surface area contributed by atoms with Crippen molar-refractivity contribution in [3.63, 3.8) is 0 Å². The van der Waals surface area contributed by atoms with Crippen molar-refractivity contribution in [3.05, 3.63) is 47.6 Å². The van der Waals surface area contributed by atoms with Crippen LogP contribution >= 0.6 is 11.8 Å². The fourth-order valence-corrected chi connectivity index (χ4v) is 3.58. The lowest BCUT2D eigenvalue weighted by molar-refractivity contribution is 0.870. The Balaban J connectivity index is 1.98. The molecule has 0 saturated carbocycles. The average molecular weight is 229 g/mol. The Bertz CT molecular complexity index is 488. The number of fused-ring (bicyclic) bond motifs is 2. The van der Waals surface area contributed by atoms with Crippen molar-refractivity contribution in [2.75, 3.05) is 5.32 Å². The lowest BCUT2D eigenvalue weighted by Crippen LogP contribution is -2.33. The summed E-state index contributed by atoms with van der Waals surface area (Å²) in [6.45, 7) is 4.31. The molecular weight excluding hydrogens is 214 g/mol. The SMILES string of the molecule is CC1=CC2Sc3cc(C)ccc3NC2C=C1. The third kappa shape index (κ3) is 1.67. The number of rotatable bonds is 0. The summed E-state index contributed by atoms with van der Waals surface area (Å²) >= 11 is 1.97. The molecule has 3 rings (SSSR count). The molecule has 0 aromatic heterocycles. The molecule has 1 nitrogen and oxygen atoms in total. The van der Waals surface area contributed by atoms with Crippen molar-refractivity contribution < 1.29 is 0 Å². The quantitative estimate of drug-likeness (QED) is 0.727. The van der Waals surface area contributed by atoms with Crippen LogP contribution in [0.3, 0.4) is 0 Å². The monoisotopic (exact) mass is 229 g/mol. The fraction of sp³-hybridized carbons (Fsp3) is 0.286. The molecule has 82 valence electrons. The van der Waals surface area contributed by atoms with Gasteiger partial charge in [0.25, 0.3) is 0 Å². The molecule has 2 heteroatoms. The van der Waals surface area contributed by atoms with Crippen LogP contribution in [0.15, 0.2) is 46.9 Å². The zero-order valence-corrected chi connectivity index (χ0v) is 10.3. The summed E-state index contributed by atoms with van der Waals surface area (Å²) in [6, 6.07) is 7.07. The van der Waals surface area contributed by atoms with Gasteiger partial charge in [0.1, 0.15) is 0 Å². The van der Waals surface area contributed by atoms with Gasteiger partial charge in [0.15, 0.2) is 0 Å². The Morgan fingerprint density at radius 1 is 1.25 bits per heavy atom. The molecule has 2 aliphatic rings. The Morgan fingerprint density at radius 3 is 3.00 bits per heavy atom. The lowest BCUT2D eigenvalue weighted by atomic mass is 10.0. The van der Waals surface area contributed by atoms with Crippen LogP contribution in [0.5, 0.6) is 0 Å². The van der Waals surface area contributed by atoms with Gasteiger partial charge in [-0.3, -0.25) is 0 Å². The molecule has 2 atom stereocenters. The fourth-order valence-electron chi connectivity index (χ4n) is 2.19. The topological polar surface area (TPSA) is 12.0 Å². The van der Waals surface area contributed by atoms with Crippen LogP contribution in [0.4, 0.5) is 5.69 Å². The van der Waals surface area contributed by atoms with E-state index in [1.807, 2.05) is 11.8 Å². The maximum atomic E-state index is 3.59. The van der Waals surface area contributed by atoms with Crippen LogP contribution in [0, 0.1) is 6.92 Å². The van der Waals surface area contributed by atoms with E-state index in [2.05, 4.69) is 55.6 Å². The van der Waals surface area contributed by atoms with Gasteiger partial charge in [-0.05, 0) is 31.5 Å². The van der Waals surface area contributed by atoms with Gasteiger partial charge in [-0.15, -0.1) is 11.8 Å². The predicted molar refractivity (Wildman–Crippen MR) is 71.1 cm³/mol. The standard InChI is InChI=1S/C14H15NS/c1-9-3-5-11-13(7-9)16-14-8-10(2)4-6-12(14)15-11/h3-8,11,13,15H,1-2H3. The molecular formula is C14H15NS. The molecule has 2 unspecified atom stereocenters. The Morgan fingerprint density at radius 2 is 2.12 bits per heavy atom. The van der Waals surface area contributed by atoms with Gasteiger partial charge in [0, 0.05) is 10.6 Å². The summed E-state index contributed by atoms with van der Waals surface area (Å²) in [7, 11) is 0. The number of benzene rings is 1. The number of hydrogen-bond donors (Lipinski definition) is 1. The normalized spacial score (nSPS) is 26.5. The van der Waals surface area contributed by atoms with Crippen LogP contribution in [-0.4, -0.2) is 11.3 Å². The first-order valence-corrected chi connectivity index (χ1v) is 6.51. The smallest absolute Gasteiger partial charge is 0.0605 e. The molecule has 1 aliphatic heterocycles. The predicted octanol–water partition coefficient (Wildman–Crippen LogP) is 3.77. The second kappa shape index (κ2) is 3.70. The van der Waals surface area contributed by atoms with E-state index in [-0.39, 0.29) is 0 Å². The summed E-state index contributed by atoms with van der Waals surface area (Å²) in [6.07, 6.45) is 6.83. The van der Waals surface area contributed by atoms with E-state index in [4.69, 9.17) is 0 Å². The molecule has 1 heterocycles. The maximum absolute atomic E-state index is 3.59. The van der Waals surface area contributed by atoms with Crippen LogP contribution in [0.25, 0.3) is 0 Å². The van der Waals surface area contributed by atoms with Gasteiger partial charge in [-0.2, -0.15) is 0 Å².